The van der Waals surface area contributed by atoms with Crippen molar-refractivity contribution in [2.75, 3.05) is 90.4 Å². The maximum Gasteiger partial charge on any atom is 0.748 e. The van der Waals surface area contributed by atoms with Crippen molar-refractivity contribution in [2.24, 2.45) is 5.73 Å². The van der Waals surface area contributed by atoms with Crippen molar-refractivity contribution in [1.82, 2.24) is 5.32 Å². The van der Waals surface area contributed by atoms with Crippen LogP contribution in [0.4, 0.5) is 8.90 Å². The SMILES string of the molecule is C=C[Si](OC)(OC)OC.CCO[Si](F)(OCC)OCC.CO[Si](CCCNC(N)=O)(OC)OC.CO[Si](OC)(OC)Oc1ccccc1C. The van der Waals surface area contributed by atoms with E-state index < -0.39 is 41.8 Å². The Morgan fingerprint density at radius 2 is 1.20 bits per heavy atom. The van der Waals surface area contributed by atoms with Gasteiger partial charge < -0.3 is 68.6 Å². The summed E-state index contributed by atoms with van der Waals surface area (Å²) in [5.74, 6) is 0.717. The van der Waals surface area contributed by atoms with Gasteiger partial charge in [0.1, 0.15) is 5.75 Å². The molecule has 0 fully saturated rings. The number of urea groups is 1. The van der Waals surface area contributed by atoms with E-state index in [1.54, 1.807) is 69.1 Å². The van der Waals surface area contributed by atoms with Crippen molar-refractivity contribution in [3.8, 4) is 5.75 Å². The second-order valence-corrected chi connectivity index (χ2v) is 19.1. The van der Waals surface area contributed by atoms with Gasteiger partial charge in [0.2, 0.25) is 0 Å². The number of carbonyl (C=O) groups excluding carboxylic acids is 1. The fraction of sp³-hybridized carbons (Fsp3) is 0.679. The standard InChI is InChI=1S/C10H16O4Si.C7H18N2O4Si.C6H15FO3Si.C5H12O3Si/c1-9-7-5-6-8-10(9)14-15(11-2,12-3)13-4;1-11-14(12-2,13-3)6-4-5-9-7(8)10;1-4-8-11(7,9-5-2)10-6-3;1-5-9(6-2,7-3)8-4/h5-8H,1-4H3;4-6H2,1-3H3,(H3,8,9,10);4-6H2,1-3H3;5H,1H2,2-4H3. The first kappa shape index (κ1) is 51.7. The molecule has 0 unspecified atom stereocenters. The molecule has 1 rings (SSSR count). The van der Waals surface area contributed by atoms with Gasteiger partial charge in [0.15, 0.2) is 0 Å². The van der Waals surface area contributed by atoms with Crippen LogP contribution < -0.4 is 15.5 Å². The molecule has 0 atom stereocenters. The first-order valence-corrected chi connectivity index (χ1v) is 22.2. The molecule has 0 spiro atoms. The lowest BCUT2D eigenvalue weighted by molar-refractivity contribution is 0.0305. The number of halogens is 1. The molecule has 2 amide bonds. The van der Waals surface area contributed by atoms with E-state index in [4.69, 9.17) is 63.3 Å². The van der Waals surface area contributed by atoms with Gasteiger partial charge in [-0.2, -0.15) is 0 Å². The first-order valence-electron chi connectivity index (χ1n) is 15.2. The highest BCUT2D eigenvalue weighted by atomic mass is 28.4. The van der Waals surface area contributed by atoms with Crippen molar-refractivity contribution in [3.63, 3.8) is 0 Å². The Labute approximate surface area is 297 Å². The Balaban J connectivity index is -0.000000587. The van der Waals surface area contributed by atoms with Crippen LogP contribution in [-0.4, -0.2) is 132 Å². The van der Waals surface area contributed by atoms with E-state index in [1.165, 1.54) is 21.3 Å². The van der Waals surface area contributed by atoms with Crippen LogP contribution in [-0.2, 0) is 53.1 Å². The third-order valence-electron chi connectivity index (χ3n) is 6.02. The second kappa shape index (κ2) is 30.0. The van der Waals surface area contributed by atoms with Gasteiger partial charge in [0, 0.05) is 96.4 Å². The number of aryl methyl sites for hydroxylation is 1. The Kier molecular flexibility index (Phi) is 31.7. The highest BCUT2D eigenvalue weighted by Crippen LogP contribution is 2.21. The summed E-state index contributed by atoms with van der Waals surface area (Å²) in [4.78, 5) is 10.4. The third kappa shape index (κ3) is 22.0. The number of amides is 2. The molecule has 0 bridgehead atoms. The van der Waals surface area contributed by atoms with Gasteiger partial charge in [-0.3, -0.25) is 0 Å². The molecule has 0 aliphatic rings. The number of benzene rings is 1. The molecule has 290 valence electrons. The largest absolute Gasteiger partial charge is 0.748 e. The molecule has 21 heteroatoms. The van der Waals surface area contributed by atoms with Crippen molar-refractivity contribution in [3.05, 3.63) is 42.1 Å². The van der Waals surface area contributed by atoms with Crippen molar-refractivity contribution in [2.45, 2.75) is 40.2 Å². The Morgan fingerprint density at radius 3 is 1.49 bits per heavy atom. The van der Waals surface area contributed by atoms with E-state index in [1.807, 2.05) is 31.2 Å². The fourth-order valence-corrected chi connectivity index (χ4v) is 8.65. The van der Waals surface area contributed by atoms with Crippen molar-refractivity contribution < 1.29 is 66.4 Å². The lowest BCUT2D eigenvalue weighted by Crippen LogP contribution is -2.49. The number of carbonyl (C=O) groups is 1. The molecule has 3 N–H and O–H groups in total. The number of para-hydroxylation sites is 1. The average Bonchev–Trinajstić information content (AvgIpc) is 3.11. The third-order valence-corrected chi connectivity index (χ3v) is 14.9. The predicted octanol–water partition coefficient (Wildman–Crippen LogP) is 3.76. The second-order valence-electron chi connectivity index (χ2n) is 8.87. The van der Waals surface area contributed by atoms with Gasteiger partial charge in [-0.05, 0) is 51.4 Å². The zero-order chi connectivity index (χ0) is 38.4. The van der Waals surface area contributed by atoms with Crippen LogP contribution in [0.3, 0.4) is 0 Å². The molecule has 0 saturated carbocycles. The minimum atomic E-state index is -3.75. The van der Waals surface area contributed by atoms with Gasteiger partial charge in [0.25, 0.3) is 0 Å². The molecular weight excluding hydrogens is 720 g/mol. The molecule has 0 aromatic heterocycles. The summed E-state index contributed by atoms with van der Waals surface area (Å²) in [6, 6.07) is 7.77. The number of primary amides is 1. The van der Waals surface area contributed by atoms with E-state index in [2.05, 4.69) is 11.9 Å². The van der Waals surface area contributed by atoms with E-state index in [9.17, 15) is 8.90 Å². The topological polar surface area (TPSA) is 175 Å². The van der Waals surface area contributed by atoms with Crippen LogP contribution >= 0.6 is 0 Å². The van der Waals surface area contributed by atoms with Crippen LogP contribution in [0.15, 0.2) is 36.5 Å². The molecular formula is C28H61FN2O14Si4. The first-order chi connectivity index (χ1) is 23.2. The van der Waals surface area contributed by atoms with Crippen LogP contribution in [0, 0.1) is 6.92 Å². The van der Waals surface area contributed by atoms with Gasteiger partial charge in [0.05, 0.1) is 0 Å². The Bertz CT molecular complexity index is 924. The average molecular weight is 781 g/mol. The Morgan fingerprint density at radius 1 is 0.776 bits per heavy atom. The predicted molar refractivity (Wildman–Crippen MR) is 191 cm³/mol. The van der Waals surface area contributed by atoms with Crippen LogP contribution in [0.5, 0.6) is 5.75 Å². The molecule has 0 aliphatic carbocycles. The van der Waals surface area contributed by atoms with Crippen LogP contribution in [0.25, 0.3) is 0 Å². The lowest BCUT2D eigenvalue weighted by atomic mass is 10.2. The zero-order valence-corrected chi connectivity index (χ0v) is 35.5. The normalized spacial score (nSPS) is 11.6. The lowest BCUT2D eigenvalue weighted by Gasteiger charge is -2.24. The summed E-state index contributed by atoms with van der Waals surface area (Å²) < 4.78 is 79.1. The summed E-state index contributed by atoms with van der Waals surface area (Å²) in [6.07, 6.45) is 0.713. The van der Waals surface area contributed by atoms with Gasteiger partial charge in [-0.15, -0.1) is 0 Å². The van der Waals surface area contributed by atoms with Crippen LogP contribution in [0.2, 0.25) is 6.04 Å². The van der Waals surface area contributed by atoms with Crippen LogP contribution in [0.1, 0.15) is 32.8 Å². The number of nitrogens with one attached hydrogen (secondary N) is 1. The summed E-state index contributed by atoms with van der Waals surface area (Å²) in [5, 5.41) is 2.48. The molecule has 0 saturated heterocycles. The minimum Gasteiger partial charge on any atom is -0.480 e. The number of hydrogen-bond acceptors (Lipinski definition) is 14. The number of nitrogens with two attached hydrogens (primary N) is 1. The summed E-state index contributed by atoms with van der Waals surface area (Å²) in [6.45, 7) is 12.0. The van der Waals surface area contributed by atoms with Crippen molar-refractivity contribution in [1.29, 1.82) is 0 Å². The summed E-state index contributed by atoms with van der Waals surface area (Å²) >= 11 is 0. The monoisotopic (exact) mass is 780 g/mol. The molecule has 0 heterocycles. The van der Waals surface area contributed by atoms with Gasteiger partial charge in [-0.25, -0.2) is 8.90 Å². The maximum absolute atomic E-state index is 13.3. The molecule has 1 aromatic carbocycles. The molecule has 0 radical (unpaired) electrons. The summed E-state index contributed by atoms with van der Waals surface area (Å²) in [7, 11) is 2.18. The minimum absolute atomic E-state index is 0.280. The van der Waals surface area contributed by atoms with E-state index >= 15 is 0 Å². The van der Waals surface area contributed by atoms with Gasteiger partial charge >= 0.3 is 41.8 Å². The maximum atomic E-state index is 13.3. The quantitative estimate of drug-likeness (QED) is 0.0989. The van der Waals surface area contributed by atoms with E-state index in [-0.39, 0.29) is 19.8 Å². The zero-order valence-electron chi connectivity index (χ0n) is 31.5. The van der Waals surface area contributed by atoms with Crippen molar-refractivity contribution >= 4 is 41.8 Å². The van der Waals surface area contributed by atoms with E-state index in [0.717, 1.165) is 11.3 Å². The van der Waals surface area contributed by atoms with Gasteiger partial charge in [-0.1, -0.05) is 24.8 Å². The molecule has 16 nitrogen and oxygen atoms in total. The number of rotatable bonds is 22. The smallest absolute Gasteiger partial charge is 0.480 e. The van der Waals surface area contributed by atoms with E-state index in [0.29, 0.717) is 19.0 Å². The highest BCUT2D eigenvalue weighted by molar-refractivity contribution is 6.66. The molecule has 0 aliphatic heterocycles. The fourth-order valence-electron chi connectivity index (χ4n) is 3.40. The summed E-state index contributed by atoms with van der Waals surface area (Å²) in [5.41, 5.74) is 7.50. The number of hydrogen-bond donors (Lipinski definition) is 2. The molecule has 49 heavy (non-hydrogen) atoms. The molecule has 1 aromatic rings. The highest BCUT2D eigenvalue weighted by Gasteiger charge is 2.45. The Hall–Kier alpha value is -1.65.